The summed E-state index contributed by atoms with van der Waals surface area (Å²) in [6.45, 7) is 0. The molecule has 3 heterocycles. The normalized spacial score (nSPS) is 11.9. The number of thiophene rings is 1. The lowest BCUT2D eigenvalue weighted by Gasteiger charge is -2.07. The maximum Gasteiger partial charge on any atom is 0.416 e. The van der Waals surface area contributed by atoms with Crippen molar-refractivity contribution in [2.75, 3.05) is 5.32 Å². The summed E-state index contributed by atoms with van der Waals surface area (Å²) in [5.74, 6) is -0.334. The highest BCUT2D eigenvalue weighted by molar-refractivity contribution is 7.16. The topological polar surface area (TPSA) is 78.9 Å². The second-order valence-electron chi connectivity index (χ2n) is 6.42. The van der Waals surface area contributed by atoms with Gasteiger partial charge in [-0.2, -0.15) is 18.4 Å². The first-order valence-electron chi connectivity index (χ1n) is 9.03. The third-order valence-electron chi connectivity index (χ3n) is 4.25. The molecule has 0 unspecified atom stereocenters. The number of halogens is 3. The van der Waals surface area contributed by atoms with Gasteiger partial charge in [0.15, 0.2) is 5.13 Å². The fourth-order valence-corrected chi connectivity index (χ4v) is 4.22. The second-order valence-corrected chi connectivity index (χ2v) is 8.23. The summed E-state index contributed by atoms with van der Waals surface area (Å²) >= 11 is 2.74. The van der Waals surface area contributed by atoms with Crippen LogP contribution in [0.3, 0.4) is 0 Å². The summed E-state index contributed by atoms with van der Waals surface area (Å²) in [5.41, 5.74) is -0.0837. The highest BCUT2D eigenvalue weighted by atomic mass is 32.1. The lowest BCUT2D eigenvalue weighted by atomic mass is 10.1. The van der Waals surface area contributed by atoms with Crippen LogP contribution >= 0.6 is 22.7 Å². The van der Waals surface area contributed by atoms with Gasteiger partial charge in [-0.05, 0) is 35.7 Å². The van der Waals surface area contributed by atoms with Gasteiger partial charge in [0.2, 0.25) is 0 Å². The van der Waals surface area contributed by atoms with Crippen LogP contribution in [0.2, 0.25) is 0 Å². The summed E-state index contributed by atoms with van der Waals surface area (Å²) in [4.78, 5) is 17.8. The molecule has 0 bridgehead atoms. The standard InChI is InChI=1S/C22H12F3N3O2S2/c23-22(24,25)15-4-1-3-13(9-15)18-7-6-16(30-18)10-14(11-26)20(29)28-21-27-17(12-32-21)19-5-2-8-31-19/h1-10,12H,(H,27,28,29). The van der Waals surface area contributed by atoms with Gasteiger partial charge in [0.25, 0.3) is 5.91 Å². The van der Waals surface area contributed by atoms with E-state index in [2.05, 4.69) is 10.3 Å². The van der Waals surface area contributed by atoms with Crippen molar-refractivity contribution in [1.29, 1.82) is 5.26 Å². The molecule has 0 radical (unpaired) electrons. The molecule has 32 heavy (non-hydrogen) atoms. The minimum absolute atomic E-state index is 0.155. The van der Waals surface area contributed by atoms with Gasteiger partial charge in [0.1, 0.15) is 23.2 Å². The number of thiazole rings is 1. The quantitative estimate of drug-likeness (QED) is 0.260. The van der Waals surface area contributed by atoms with Gasteiger partial charge in [-0.1, -0.05) is 18.2 Å². The first-order chi connectivity index (χ1) is 15.3. The smallest absolute Gasteiger partial charge is 0.416 e. The zero-order chi connectivity index (χ0) is 22.7. The predicted octanol–water partition coefficient (Wildman–Crippen LogP) is 6.70. The Kier molecular flexibility index (Phi) is 5.94. The first kappa shape index (κ1) is 21.5. The molecule has 3 aromatic heterocycles. The molecule has 0 saturated heterocycles. The van der Waals surface area contributed by atoms with E-state index in [0.29, 0.717) is 5.13 Å². The number of carbonyl (C=O) groups excluding carboxylic acids is 1. The van der Waals surface area contributed by atoms with Crippen molar-refractivity contribution in [1.82, 2.24) is 4.98 Å². The van der Waals surface area contributed by atoms with E-state index in [0.717, 1.165) is 22.7 Å². The van der Waals surface area contributed by atoms with Gasteiger partial charge in [-0.3, -0.25) is 10.1 Å². The number of alkyl halides is 3. The van der Waals surface area contributed by atoms with Crippen molar-refractivity contribution >= 4 is 39.8 Å². The molecule has 1 aromatic carbocycles. The lowest BCUT2D eigenvalue weighted by Crippen LogP contribution is -2.13. The van der Waals surface area contributed by atoms with E-state index >= 15 is 0 Å². The molecule has 10 heteroatoms. The Morgan fingerprint density at radius 1 is 1.16 bits per heavy atom. The number of carbonyl (C=O) groups is 1. The Bertz CT molecular complexity index is 1330. The van der Waals surface area contributed by atoms with Gasteiger partial charge in [-0.25, -0.2) is 4.98 Å². The molecule has 0 fully saturated rings. The number of rotatable bonds is 5. The highest BCUT2D eigenvalue weighted by Crippen LogP contribution is 2.33. The minimum atomic E-state index is -4.48. The molecule has 0 spiro atoms. The van der Waals surface area contributed by atoms with E-state index in [9.17, 15) is 23.2 Å². The van der Waals surface area contributed by atoms with E-state index in [1.54, 1.807) is 11.4 Å². The zero-order valence-electron chi connectivity index (χ0n) is 16.0. The molecule has 4 rings (SSSR count). The molecule has 1 N–H and O–H groups in total. The van der Waals surface area contributed by atoms with E-state index in [4.69, 9.17) is 4.42 Å². The predicted molar refractivity (Wildman–Crippen MR) is 117 cm³/mol. The average Bonchev–Trinajstić information content (AvgIpc) is 3.52. The number of anilines is 1. The van der Waals surface area contributed by atoms with Crippen molar-refractivity contribution in [3.05, 3.63) is 76.2 Å². The molecular weight excluding hydrogens is 459 g/mol. The number of hydrogen-bond acceptors (Lipinski definition) is 6. The van der Waals surface area contributed by atoms with Crippen LogP contribution in [0, 0.1) is 11.3 Å². The van der Waals surface area contributed by atoms with Crippen LogP contribution in [-0.4, -0.2) is 10.9 Å². The van der Waals surface area contributed by atoms with E-state index < -0.39 is 17.6 Å². The van der Waals surface area contributed by atoms with Gasteiger partial charge in [-0.15, -0.1) is 22.7 Å². The summed E-state index contributed by atoms with van der Waals surface area (Å²) < 4.78 is 44.3. The van der Waals surface area contributed by atoms with Crippen LogP contribution < -0.4 is 5.32 Å². The maximum atomic E-state index is 12.9. The third kappa shape index (κ3) is 4.80. The van der Waals surface area contributed by atoms with E-state index in [1.807, 2.05) is 17.5 Å². The minimum Gasteiger partial charge on any atom is -0.457 e. The molecule has 160 valence electrons. The summed E-state index contributed by atoms with van der Waals surface area (Å²) in [6.07, 6.45) is -3.25. The summed E-state index contributed by atoms with van der Waals surface area (Å²) in [5, 5.41) is 16.0. The molecular formula is C22H12F3N3O2S2. The summed E-state index contributed by atoms with van der Waals surface area (Å²) in [6, 6.07) is 13.2. The molecule has 0 saturated carbocycles. The largest absolute Gasteiger partial charge is 0.457 e. The number of benzene rings is 1. The summed E-state index contributed by atoms with van der Waals surface area (Å²) in [7, 11) is 0. The Morgan fingerprint density at radius 3 is 2.72 bits per heavy atom. The molecule has 5 nitrogen and oxygen atoms in total. The number of nitrogens with zero attached hydrogens (tertiary/aromatic N) is 2. The third-order valence-corrected chi connectivity index (χ3v) is 5.90. The molecule has 0 atom stereocenters. The fourth-order valence-electron chi connectivity index (χ4n) is 2.76. The molecule has 1 amide bonds. The fraction of sp³-hybridized carbons (Fsp3) is 0.0455. The number of amides is 1. The van der Waals surface area contributed by atoms with E-state index in [-0.39, 0.29) is 22.7 Å². The van der Waals surface area contributed by atoms with Crippen LogP contribution in [0.15, 0.2) is 69.3 Å². The van der Waals surface area contributed by atoms with Crippen LogP contribution in [0.5, 0.6) is 0 Å². The molecule has 4 aromatic rings. The Hall–Kier alpha value is -3.68. The van der Waals surface area contributed by atoms with Crippen LogP contribution in [-0.2, 0) is 11.0 Å². The average molecular weight is 471 g/mol. The lowest BCUT2D eigenvalue weighted by molar-refractivity contribution is -0.137. The van der Waals surface area contributed by atoms with Crippen molar-refractivity contribution in [3.63, 3.8) is 0 Å². The second kappa shape index (κ2) is 8.82. The van der Waals surface area contributed by atoms with Crippen LogP contribution in [0.4, 0.5) is 18.3 Å². The van der Waals surface area contributed by atoms with E-state index in [1.165, 1.54) is 53.0 Å². The number of hydrogen-bond donors (Lipinski definition) is 1. The number of aromatic nitrogens is 1. The SMILES string of the molecule is N#CC(=Cc1ccc(-c2cccc(C(F)(F)F)c2)o1)C(=O)Nc1nc(-c2cccs2)cs1. The van der Waals surface area contributed by atoms with Crippen molar-refractivity contribution in [2.45, 2.75) is 6.18 Å². The van der Waals surface area contributed by atoms with Crippen LogP contribution in [0.1, 0.15) is 11.3 Å². The zero-order valence-corrected chi connectivity index (χ0v) is 17.6. The molecule has 0 aliphatic rings. The number of furan rings is 1. The number of nitrogens with one attached hydrogen (secondary N) is 1. The Labute approximate surface area is 188 Å². The van der Waals surface area contributed by atoms with Gasteiger partial charge in [0.05, 0.1) is 16.1 Å². The highest BCUT2D eigenvalue weighted by Gasteiger charge is 2.30. The van der Waals surface area contributed by atoms with Gasteiger partial charge >= 0.3 is 6.18 Å². The number of nitriles is 1. The van der Waals surface area contributed by atoms with Gasteiger partial charge in [0, 0.05) is 17.0 Å². The Morgan fingerprint density at radius 2 is 2.00 bits per heavy atom. The van der Waals surface area contributed by atoms with Crippen molar-refractivity contribution in [3.8, 4) is 28.0 Å². The Balaban J connectivity index is 1.51. The van der Waals surface area contributed by atoms with Crippen molar-refractivity contribution in [2.24, 2.45) is 0 Å². The van der Waals surface area contributed by atoms with Crippen molar-refractivity contribution < 1.29 is 22.4 Å². The first-order valence-corrected chi connectivity index (χ1v) is 10.8. The maximum absolute atomic E-state index is 12.9. The monoisotopic (exact) mass is 471 g/mol. The molecule has 0 aliphatic carbocycles. The molecule has 0 aliphatic heterocycles. The van der Waals surface area contributed by atoms with Crippen LogP contribution in [0.25, 0.3) is 28.0 Å². The van der Waals surface area contributed by atoms with Gasteiger partial charge < -0.3 is 4.42 Å².